The van der Waals surface area contributed by atoms with Crippen LogP contribution in [0.15, 0.2) is 24.3 Å². The van der Waals surface area contributed by atoms with Gasteiger partial charge < -0.3 is 15.0 Å². The summed E-state index contributed by atoms with van der Waals surface area (Å²) in [5, 5.41) is 3.66. The number of hydrogen-bond donors (Lipinski definition) is 1. The van der Waals surface area contributed by atoms with Crippen LogP contribution >= 0.6 is 0 Å². The molecule has 1 aromatic carbocycles. The van der Waals surface area contributed by atoms with Crippen LogP contribution < -0.4 is 10.2 Å². The summed E-state index contributed by atoms with van der Waals surface area (Å²) in [5.74, 6) is 0. The average Bonchev–Trinajstić information content (AvgIpc) is 2.84. The van der Waals surface area contributed by atoms with Crippen molar-refractivity contribution in [2.45, 2.75) is 25.3 Å². The molecule has 0 amide bonds. The van der Waals surface area contributed by atoms with Gasteiger partial charge in [-0.15, -0.1) is 0 Å². The standard InChI is InChI=1S/C15H22N2O/c1-2-4-15-13(3-1)5-9-17(15)10-8-16-14-6-11-18-12-7-14/h1-4,14,16H,5-12H2. The maximum Gasteiger partial charge on any atom is 0.0480 e. The molecule has 98 valence electrons. The van der Waals surface area contributed by atoms with Gasteiger partial charge in [-0.3, -0.25) is 0 Å². The van der Waals surface area contributed by atoms with Crippen LogP contribution in [-0.2, 0) is 11.2 Å². The third kappa shape index (κ3) is 2.68. The highest BCUT2D eigenvalue weighted by Gasteiger charge is 2.18. The highest BCUT2D eigenvalue weighted by molar-refractivity contribution is 5.57. The van der Waals surface area contributed by atoms with Gasteiger partial charge in [0.1, 0.15) is 0 Å². The van der Waals surface area contributed by atoms with Crippen LogP contribution in [0, 0.1) is 0 Å². The summed E-state index contributed by atoms with van der Waals surface area (Å²) in [4.78, 5) is 2.50. The van der Waals surface area contributed by atoms with Gasteiger partial charge in [-0.1, -0.05) is 18.2 Å². The van der Waals surface area contributed by atoms with Crippen molar-refractivity contribution in [1.82, 2.24) is 5.32 Å². The second kappa shape index (κ2) is 5.72. The lowest BCUT2D eigenvalue weighted by Crippen LogP contribution is -2.39. The van der Waals surface area contributed by atoms with Gasteiger partial charge in [-0.2, -0.15) is 0 Å². The summed E-state index contributed by atoms with van der Waals surface area (Å²) >= 11 is 0. The van der Waals surface area contributed by atoms with Gasteiger partial charge in [0.05, 0.1) is 0 Å². The first-order valence-electron chi connectivity index (χ1n) is 7.07. The zero-order valence-electron chi connectivity index (χ0n) is 10.9. The van der Waals surface area contributed by atoms with E-state index in [1.54, 1.807) is 0 Å². The second-order valence-electron chi connectivity index (χ2n) is 5.21. The fraction of sp³-hybridized carbons (Fsp3) is 0.600. The van der Waals surface area contributed by atoms with E-state index in [0.717, 1.165) is 39.1 Å². The quantitative estimate of drug-likeness (QED) is 0.877. The molecule has 3 heteroatoms. The van der Waals surface area contributed by atoms with Gasteiger partial charge in [0.25, 0.3) is 0 Å². The Hall–Kier alpha value is -1.06. The van der Waals surface area contributed by atoms with E-state index in [2.05, 4.69) is 34.5 Å². The summed E-state index contributed by atoms with van der Waals surface area (Å²) < 4.78 is 5.38. The van der Waals surface area contributed by atoms with Gasteiger partial charge in [0.2, 0.25) is 0 Å². The molecule has 0 bridgehead atoms. The van der Waals surface area contributed by atoms with E-state index in [0.29, 0.717) is 6.04 Å². The number of fused-ring (bicyclic) bond motifs is 1. The molecule has 2 heterocycles. The zero-order chi connectivity index (χ0) is 12.2. The van der Waals surface area contributed by atoms with Crippen LogP contribution in [0.1, 0.15) is 18.4 Å². The molecule has 1 N–H and O–H groups in total. The lowest BCUT2D eigenvalue weighted by atomic mass is 10.1. The van der Waals surface area contributed by atoms with Gasteiger partial charge in [0, 0.05) is 44.6 Å². The molecule has 2 aliphatic heterocycles. The number of ether oxygens (including phenoxy) is 1. The number of para-hydroxylation sites is 1. The van der Waals surface area contributed by atoms with Crippen molar-refractivity contribution in [2.24, 2.45) is 0 Å². The number of nitrogens with zero attached hydrogens (tertiary/aromatic N) is 1. The highest BCUT2D eigenvalue weighted by atomic mass is 16.5. The van der Waals surface area contributed by atoms with Crippen molar-refractivity contribution in [1.29, 1.82) is 0 Å². The summed E-state index contributed by atoms with van der Waals surface area (Å²) in [6.07, 6.45) is 3.53. The minimum atomic E-state index is 0.664. The largest absolute Gasteiger partial charge is 0.381 e. The normalized spacial score (nSPS) is 20.1. The molecule has 2 aliphatic rings. The molecular formula is C15H22N2O. The fourth-order valence-corrected chi connectivity index (χ4v) is 2.94. The summed E-state index contributed by atoms with van der Waals surface area (Å²) in [5.41, 5.74) is 2.94. The van der Waals surface area contributed by atoms with E-state index in [1.165, 1.54) is 24.2 Å². The van der Waals surface area contributed by atoms with E-state index in [4.69, 9.17) is 4.74 Å². The molecule has 0 aromatic heterocycles. The molecular weight excluding hydrogens is 224 g/mol. The maximum atomic E-state index is 5.38. The fourth-order valence-electron chi connectivity index (χ4n) is 2.94. The number of hydrogen-bond acceptors (Lipinski definition) is 3. The smallest absolute Gasteiger partial charge is 0.0480 e. The molecule has 1 fully saturated rings. The van der Waals surface area contributed by atoms with Gasteiger partial charge in [0.15, 0.2) is 0 Å². The molecule has 18 heavy (non-hydrogen) atoms. The molecule has 0 unspecified atom stereocenters. The molecule has 3 rings (SSSR count). The van der Waals surface area contributed by atoms with Crippen molar-refractivity contribution in [2.75, 3.05) is 37.7 Å². The zero-order valence-corrected chi connectivity index (χ0v) is 10.9. The molecule has 0 atom stereocenters. The Labute approximate surface area is 109 Å². The maximum absolute atomic E-state index is 5.38. The molecule has 1 saturated heterocycles. The Bertz CT molecular complexity index is 388. The van der Waals surface area contributed by atoms with Crippen molar-refractivity contribution < 1.29 is 4.74 Å². The molecule has 1 aromatic rings. The van der Waals surface area contributed by atoms with Crippen LogP contribution in [-0.4, -0.2) is 38.9 Å². The topological polar surface area (TPSA) is 24.5 Å². The third-order valence-electron chi connectivity index (χ3n) is 4.02. The average molecular weight is 246 g/mol. The monoisotopic (exact) mass is 246 g/mol. The van der Waals surface area contributed by atoms with Gasteiger partial charge in [-0.05, 0) is 30.9 Å². The van der Waals surface area contributed by atoms with Crippen LogP contribution in [0.25, 0.3) is 0 Å². The third-order valence-corrected chi connectivity index (χ3v) is 4.02. The Morgan fingerprint density at radius 2 is 2.06 bits per heavy atom. The van der Waals surface area contributed by atoms with Gasteiger partial charge in [-0.25, -0.2) is 0 Å². The van der Waals surface area contributed by atoms with E-state index in [1.807, 2.05) is 0 Å². The number of rotatable bonds is 4. The molecule has 0 aliphatic carbocycles. The number of nitrogens with one attached hydrogen (secondary N) is 1. The van der Waals surface area contributed by atoms with Crippen LogP contribution in [0.2, 0.25) is 0 Å². The van der Waals surface area contributed by atoms with E-state index < -0.39 is 0 Å². The van der Waals surface area contributed by atoms with E-state index in [9.17, 15) is 0 Å². The van der Waals surface area contributed by atoms with Gasteiger partial charge >= 0.3 is 0 Å². The number of anilines is 1. The number of benzene rings is 1. The first-order chi connectivity index (χ1) is 8.93. The minimum absolute atomic E-state index is 0.664. The van der Waals surface area contributed by atoms with Crippen LogP contribution in [0.3, 0.4) is 0 Å². The molecule has 3 nitrogen and oxygen atoms in total. The SMILES string of the molecule is c1ccc2c(c1)CCN2CCNC1CCOCC1. The predicted molar refractivity (Wildman–Crippen MR) is 74.2 cm³/mol. The summed E-state index contributed by atoms with van der Waals surface area (Å²) in [7, 11) is 0. The summed E-state index contributed by atoms with van der Waals surface area (Å²) in [6, 6.07) is 9.44. The molecule has 0 radical (unpaired) electrons. The van der Waals surface area contributed by atoms with E-state index in [-0.39, 0.29) is 0 Å². The lowest BCUT2D eigenvalue weighted by Gasteiger charge is -2.25. The Kier molecular flexibility index (Phi) is 3.81. The molecule has 0 spiro atoms. The lowest BCUT2D eigenvalue weighted by molar-refractivity contribution is 0.0783. The minimum Gasteiger partial charge on any atom is -0.381 e. The van der Waals surface area contributed by atoms with Crippen molar-refractivity contribution in [3.05, 3.63) is 29.8 Å². The Morgan fingerprint density at radius 1 is 1.22 bits per heavy atom. The highest BCUT2D eigenvalue weighted by Crippen LogP contribution is 2.26. The van der Waals surface area contributed by atoms with Crippen LogP contribution in [0.5, 0.6) is 0 Å². The van der Waals surface area contributed by atoms with E-state index >= 15 is 0 Å². The second-order valence-corrected chi connectivity index (χ2v) is 5.21. The first-order valence-corrected chi connectivity index (χ1v) is 7.07. The first kappa shape index (κ1) is 12.0. The molecule has 0 saturated carbocycles. The Balaban J connectivity index is 1.47. The predicted octanol–water partition coefficient (Wildman–Crippen LogP) is 1.82. The van der Waals surface area contributed by atoms with Crippen molar-refractivity contribution in [3.8, 4) is 0 Å². The Morgan fingerprint density at radius 3 is 2.94 bits per heavy atom. The summed E-state index contributed by atoms with van der Waals surface area (Å²) in [6.45, 7) is 5.22. The van der Waals surface area contributed by atoms with Crippen molar-refractivity contribution >= 4 is 5.69 Å². The van der Waals surface area contributed by atoms with Crippen LogP contribution in [0.4, 0.5) is 5.69 Å². The van der Waals surface area contributed by atoms with Crippen molar-refractivity contribution in [3.63, 3.8) is 0 Å².